The molecule has 0 atom stereocenters. The molecule has 0 unspecified atom stereocenters. The number of rotatable bonds is 7. The first-order valence-corrected chi connectivity index (χ1v) is 8.70. The van der Waals surface area contributed by atoms with Crippen LogP contribution in [0, 0.1) is 18.3 Å². The number of esters is 1. The van der Waals surface area contributed by atoms with Crippen molar-refractivity contribution in [1.29, 1.82) is 5.41 Å². The van der Waals surface area contributed by atoms with Gasteiger partial charge in [-0.3, -0.25) is 0 Å². The van der Waals surface area contributed by atoms with Crippen molar-refractivity contribution in [1.82, 2.24) is 4.98 Å². The molecule has 0 saturated carbocycles. The molecule has 5 nitrogen and oxygen atoms in total. The number of ether oxygens (including phenoxy) is 2. The van der Waals surface area contributed by atoms with Crippen molar-refractivity contribution in [3.8, 4) is 16.3 Å². The van der Waals surface area contributed by atoms with Gasteiger partial charge in [0.05, 0.1) is 18.9 Å². The van der Waals surface area contributed by atoms with Gasteiger partial charge in [-0.15, -0.1) is 11.3 Å². The highest BCUT2D eigenvalue weighted by Gasteiger charge is 2.17. The number of hydrogen-bond acceptors (Lipinski definition) is 6. The van der Waals surface area contributed by atoms with Crippen LogP contribution in [0.3, 0.4) is 0 Å². The van der Waals surface area contributed by atoms with Gasteiger partial charge in [0.2, 0.25) is 0 Å². The smallest absolute Gasteiger partial charge is 0.350 e. The quantitative estimate of drug-likeness (QED) is 0.598. The Balaban J connectivity index is 2.31. The van der Waals surface area contributed by atoms with Gasteiger partial charge in [-0.05, 0) is 38.0 Å². The van der Waals surface area contributed by atoms with Crippen LogP contribution >= 0.6 is 11.3 Å². The Kier molecular flexibility index (Phi) is 6.09. The number of nitrogens with one attached hydrogen (secondary N) is 1. The second kappa shape index (κ2) is 8.06. The molecule has 2 aromatic rings. The molecule has 1 aromatic carbocycles. The first kappa shape index (κ1) is 18.1. The van der Waals surface area contributed by atoms with E-state index in [0.717, 1.165) is 10.6 Å². The number of thiazole rings is 1. The van der Waals surface area contributed by atoms with Crippen molar-refractivity contribution < 1.29 is 14.3 Å². The normalized spacial score (nSPS) is 10.7. The largest absolute Gasteiger partial charge is 0.493 e. The SMILES string of the molecule is CCOC(=O)c1sc(-c2ccc(OCC(C)C)c(C=N)c2)nc1C. The molecule has 0 aliphatic heterocycles. The van der Waals surface area contributed by atoms with E-state index < -0.39 is 0 Å². The van der Waals surface area contributed by atoms with Gasteiger partial charge in [0.1, 0.15) is 15.6 Å². The molecule has 0 fully saturated rings. The number of aryl methyl sites for hydroxylation is 1. The molecule has 0 bridgehead atoms. The van der Waals surface area contributed by atoms with Gasteiger partial charge in [0.15, 0.2) is 0 Å². The number of aromatic nitrogens is 1. The third kappa shape index (κ3) is 4.20. The summed E-state index contributed by atoms with van der Waals surface area (Å²) >= 11 is 1.30. The van der Waals surface area contributed by atoms with Gasteiger partial charge in [0.25, 0.3) is 0 Å². The summed E-state index contributed by atoms with van der Waals surface area (Å²) in [6, 6.07) is 5.60. The third-order valence-corrected chi connectivity index (χ3v) is 4.43. The fourth-order valence-electron chi connectivity index (χ4n) is 2.09. The Hall–Kier alpha value is -2.21. The highest BCUT2D eigenvalue weighted by molar-refractivity contribution is 7.17. The number of carbonyl (C=O) groups is 1. The summed E-state index contributed by atoms with van der Waals surface area (Å²) in [4.78, 5) is 16.9. The molecular formula is C18H22N2O3S. The van der Waals surface area contributed by atoms with E-state index in [4.69, 9.17) is 14.9 Å². The van der Waals surface area contributed by atoms with Crippen molar-refractivity contribution in [2.24, 2.45) is 5.92 Å². The Morgan fingerprint density at radius 2 is 2.17 bits per heavy atom. The predicted octanol–water partition coefficient (Wildman–Crippen LogP) is 4.33. The molecule has 1 aromatic heterocycles. The Bertz CT molecular complexity index is 738. The fraction of sp³-hybridized carbons (Fsp3) is 0.389. The second-order valence-corrected chi connectivity index (χ2v) is 6.75. The van der Waals surface area contributed by atoms with E-state index in [0.29, 0.717) is 41.0 Å². The van der Waals surface area contributed by atoms with Crippen molar-refractivity contribution in [3.63, 3.8) is 0 Å². The topological polar surface area (TPSA) is 72.3 Å². The fourth-order valence-corrected chi connectivity index (χ4v) is 3.04. The van der Waals surface area contributed by atoms with Crippen LogP contribution in [0.1, 0.15) is 41.7 Å². The van der Waals surface area contributed by atoms with Crippen LogP contribution in [0.4, 0.5) is 0 Å². The first-order chi connectivity index (χ1) is 11.5. The maximum absolute atomic E-state index is 11.9. The highest BCUT2D eigenvalue weighted by atomic mass is 32.1. The molecule has 1 N–H and O–H groups in total. The standard InChI is InChI=1S/C18H22N2O3S/c1-5-22-18(21)16-12(4)20-17(24-16)13-6-7-15(14(8-13)9-19)23-10-11(2)3/h6-9,11,19H,5,10H2,1-4H3. The van der Waals surface area contributed by atoms with Crippen LogP contribution in [0.25, 0.3) is 10.6 Å². The van der Waals surface area contributed by atoms with E-state index in [1.54, 1.807) is 13.8 Å². The number of carbonyl (C=O) groups excluding carboxylic acids is 1. The highest BCUT2D eigenvalue weighted by Crippen LogP contribution is 2.31. The zero-order chi connectivity index (χ0) is 17.7. The number of hydrogen-bond donors (Lipinski definition) is 1. The summed E-state index contributed by atoms with van der Waals surface area (Å²) in [5, 5.41) is 8.33. The first-order valence-electron chi connectivity index (χ1n) is 7.88. The molecule has 0 aliphatic rings. The molecule has 0 radical (unpaired) electrons. The Morgan fingerprint density at radius 1 is 1.42 bits per heavy atom. The van der Waals surface area contributed by atoms with Gasteiger partial charge >= 0.3 is 5.97 Å². The summed E-state index contributed by atoms with van der Waals surface area (Å²) in [6.45, 7) is 8.67. The van der Waals surface area contributed by atoms with Gasteiger partial charge in [-0.25, -0.2) is 9.78 Å². The van der Waals surface area contributed by atoms with Gasteiger partial charge < -0.3 is 14.9 Å². The van der Waals surface area contributed by atoms with Crippen LogP contribution in [-0.2, 0) is 4.74 Å². The minimum absolute atomic E-state index is 0.339. The van der Waals surface area contributed by atoms with Crippen LogP contribution in [0.15, 0.2) is 18.2 Å². The van der Waals surface area contributed by atoms with Gasteiger partial charge in [-0.2, -0.15) is 0 Å². The number of benzene rings is 1. The van der Waals surface area contributed by atoms with E-state index in [1.807, 2.05) is 18.2 Å². The van der Waals surface area contributed by atoms with Crippen LogP contribution in [0.2, 0.25) is 0 Å². The molecule has 6 heteroatoms. The Morgan fingerprint density at radius 3 is 2.79 bits per heavy atom. The van der Waals surface area contributed by atoms with Crippen LogP contribution < -0.4 is 4.74 Å². The summed E-state index contributed by atoms with van der Waals surface area (Å²) < 4.78 is 10.8. The molecule has 0 saturated heterocycles. The molecule has 2 rings (SSSR count). The molecule has 0 aliphatic carbocycles. The third-order valence-electron chi connectivity index (χ3n) is 3.24. The number of nitrogens with zero attached hydrogens (tertiary/aromatic N) is 1. The Labute approximate surface area is 146 Å². The minimum atomic E-state index is -0.345. The maximum Gasteiger partial charge on any atom is 0.350 e. The van der Waals surface area contributed by atoms with Crippen molar-refractivity contribution in [2.45, 2.75) is 27.7 Å². The predicted molar refractivity (Wildman–Crippen MR) is 96.5 cm³/mol. The van der Waals surface area contributed by atoms with E-state index in [-0.39, 0.29) is 5.97 Å². The monoisotopic (exact) mass is 346 g/mol. The van der Waals surface area contributed by atoms with Gasteiger partial charge in [0, 0.05) is 17.3 Å². The minimum Gasteiger partial charge on any atom is -0.493 e. The van der Waals surface area contributed by atoms with E-state index >= 15 is 0 Å². The lowest BCUT2D eigenvalue weighted by atomic mass is 10.1. The lowest BCUT2D eigenvalue weighted by molar-refractivity contribution is 0.0531. The van der Waals surface area contributed by atoms with Crippen molar-refractivity contribution >= 4 is 23.5 Å². The molecule has 24 heavy (non-hydrogen) atoms. The summed E-state index contributed by atoms with van der Waals surface area (Å²) in [7, 11) is 0. The molecule has 0 spiro atoms. The van der Waals surface area contributed by atoms with E-state index in [9.17, 15) is 4.79 Å². The maximum atomic E-state index is 11.9. The molecule has 1 heterocycles. The lowest BCUT2D eigenvalue weighted by Crippen LogP contribution is -2.06. The van der Waals surface area contributed by atoms with Crippen LogP contribution in [0.5, 0.6) is 5.75 Å². The molecular weight excluding hydrogens is 324 g/mol. The van der Waals surface area contributed by atoms with Crippen molar-refractivity contribution in [3.05, 3.63) is 34.3 Å². The van der Waals surface area contributed by atoms with Crippen molar-refractivity contribution in [2.75, 3.05) is 13.2 Å². The molecule has 0 amide bonds. The van der Waals surface area contributed by atoms with E-state index in [1.165, 1.54) is 17.6 Å². The molecule has 128 valence electrons. The van der Waals surface area contributed by atoms with Crippen LogP contribution in [-0.4, -0.2) is 30.4 Å². The summed E-state index contributed by atoms with van der Waals surface area (Å²) in [5.41, 5.74) is 2.21. The zero-order valence-corrected chi connectivity index (χ0v) is 15.2. The zero-order valence-electron chi connectivity index (χ0n) is 14.4. The second-order valence-electron chi connectivity index (χ2n) is 5.76. The summed E-state index contributed by atoms with van der Waals surface area (Å²) in [5.74, 6) is 0.751. The van der Waals surface area contributed by atoms with E-state index in [2.05, 4.69) is 18.8 Å². The lowest BCUT2D eigenvalue weighted by Gasteiger charge is -2.11. The summed E-state index contributed by atoms with van der Waals surface area (Å²) in [6.07, 6.45) is 1.27. The van der Waals surface area contributed by atoms with Gasteiger partial charge in [-0.1, -0.05) is 13.8 Å². The average Bonchev–Trinajstić information content (AvgIpc) is 2.94. The average molecular weight is 346 g/mol.